The number of para-hydroxylation sites is 1. The van der Waals surface area contributed by atoms with Gasteiger partial charge < -0.3 is 24.9 Å². The van der Waals surface area contributed by atoms with Crippen molar-refractivity contribution in [2.24, 2.45) is 5.92 Å². The Morgan fingerprint density at radius 2 is 1.95 bits per heavy atom. The van der Waals surface area contributed by atoms with Crippen molar-refractivity contribution in [1.82, 2.24) is 20.2 Å². The Morgan fingerprint density at radius 3 is 2.62 bits per heavy atom. The van der Waals surface area contributed by atoms with E-state index in [4.69, 9.17) is 16.3 Å². The summed E-state index contributed by atoms with van der Waals surface area (Å²) in [7, 11) is 0. The lowest BCUT2D eigenvalue weighted by Crippen LogP contribution is -2.51. The first-order valence-corrected chi connectivity index (χ1v) is 14.6. The Morgan fingerprint density at radius 1 is 1.22 bits per heavy atom. The van der Waals surface area contributed by atoms with Gasteiger partial charge in [-0.3, -0.25) is 9.59 Å². The lowest BCUT2D eigenvalue weighted by molar-refractivity contribution is -0.0130. The van der Waals surface area contributed by atoms with E-state index in [2.05, 4.69) is 27.1 Å². The lowest BCUT2D eigenvalue weighted by Gasteiger charge is -2.37. The number of hydrogen-bond donors (Lipinski definition) is 3. The minimum absolute atomic E-state index is 0.138. The molecule has 2 aromatic heterocycles. The van der Waals surface area contributed by atoms with E-state index in [0.29, 0.717) is 34.3 Å². The molecule has 3 heterocycles. The second-order valence-electron chi connectivity index (χ2n) is 10.3. The average molecular weight is 543 g/mol. The van der Waals surface area contributed by atoms with E-state index in [1.54, 1.807) is 0 Å². The molecule has 0 unspecified atom stereocenters. The second-order valence-corrected chi connectivity index (χ2v) is 11.5. The predicted molar refractivity (Wildman–Crippen MR) is 150 cm³/mol. The molecule has 0 bridgehead atoms. The number of H-pyrrole nitrogens is 1. The number of halogens is 1. The summed E-state index contributed by atoms with van der Waals surface area (Å²) >= 11 is 8.48. The molecule has 1 amide bonds. The van der Waals surface area contributed by atoms with Crippen molar-refractivity contribution >= 4 is 40.2 Å². The molecule has 1 atom stereocenters. The summed E-state index contributed by atoms with van der Waals surface area (Å²) in [4.78, 5) is 29.7. The summed E-state index contributed by atoms with van der Waals surface area (Å²) in [5, 5.41) is 7.97. The number of aryl methyl sites for hydroxylation is 1. The van der Waals surface area contributed by atoms with Crippen LogP contribution in [0.1, 0.15) is 60.3 Å². The second kappa shape index (κ2) is 11.2. The highest BCUT2D eigenvalue weighted by Crippen LogP contribution is 2.40. The molecule has 1 saturated carbocycles. The number of hydrogen-bond acceptors (Lipinski definition) is 5. The highest BCUT2D eigenvalue weighted by molar-refractivity contribution is 7.98. The fourth-order valence-corrected chi connectivity index (χ4v) is 6.92. The summed E-state index contributed by atoms with van der Waals surface area (Å²) in [6.45, 7) is 5.85. The molecular weight excluding hydrogens is 508 g/mol. The fraction of sp³-hybridized carbons (Fsp3) is 0.500. The maximum atomic E-state index is 13.5. The number of nitrogens with zero attached hydrogens (tertiary/aromatic N) is 1. The Hall–Kier alpha value is -2.26. The first-order valence-electron chi connectivity index (χ1n) is 13.0. The van der Waals surface area contributed by atoms with Crippen LogP contribution in [-0.4, -0.2) is 47.0 Å². The van der Waals surface area contributed by atoms with E-state index in [-0.39, 0.29) is 24.1 Å². The number of ether oxygens (including phenoxy) is 1. The van der Waals surface area contributed by atoms with Crippen LogP contribution >= 0.6 is 23.4 Å². The quantitative estimate of drug-likeness (QED) is 0.347. The van der Waals surface area contributed by atoms with Gasteiger partial charge >= 0.3 is 0 Å². The van der Waals surface area contributed by atoms with Gasteiger partial charge in [-0.2, -0.15) is 0 Å². The Balaban J connectivity index is 1.36. The van der Waals surface area contributed by atoms with E-state index in [9.17, 15) is 9.59 Å². The number of fused-ring (bicyclic) bond motifs is 1. The third-order valence-electron chi connectivity index (χ3n) is 7.92. The first-order chi connectivity index (χ1) is 17.9. The summed E-state index contributed by atoms with van der Waals surface area (Å²) < 4.78 is 7.44. The summed E-state index contributed by atoms with van der Waals surface area (Å²) in [6, 6.07) is 11.1. The molecule has 198 valence electrons. The van der Waals surface area contributed by atoms with E-state index < -0.39 is 0 Å². The van der Waals surface area contributed by atoms with Crippen molar-refractivity contribution < 1.29 is 9.53 Å². The fourth-order valence-electron chi connectivity index (χ4n) is 5.78. The number of benzene rings is 1. The number of nitrogens with one attached hydrogen (secondary N) is 3. The highest BCUT2D eigenvalue weighted by Gasteiger charge is 2.32. The minimum atomic E-state index is -0.269. The normalized spacial score (nSPS) is 21.1. The zero-order chi connectivity index (χ0) is 26.1. The minimum Gasteiger partial charge on any atom is -0.378 e. The molecule has 2 fully saturated rings. The van der Waals surface area contributed by atoms with Gasteiger partial charge in [-0.1, -0.05) is 29.8 Å². The Bertz CT molecular complexity index is 1340. The first kappa shape index (κ1) is 26.4. The van der Waals surface area contributed by atoms with Gasteiger partial charge in [0.25, 0.3) is 11.5 Å². The number of aromatic amines is 1. The molecule has 1 aliphatic carbocycles. The number of rotatable bonds is 8. The molecule has 0 spiro atoms. The molecule has 1 saturated heterocycles. The third-order valence-corrected chi connectivity index (χ3v) is 9.10. The predicted octanol–water partition coefficient (Wildman–Crippen LogP) is 5.05. The topological polar surface area (TPSA) is 88.2 Å². The zero-order valence-electron chi connectivity index (χ0n) is 21.6. The van der Waals surface area contributed by atoms with E-state index >= 15 is 0 Å². The maximum absolute atomic E-state index is 13.5. The lowest BCUT2D eigenvalue weighted by atomic mass is 9.81. The Kier molecular flexibility index (Phi) is 8.00. The molecule has 2 aliphatic rings. The van der Waals surface area contributed by atoms with E-state index in [1.165, 1.54) is 11.8 Å². The van der Waals surface area contributed by atoms with Gasteiger partial charge in [0.05, 0.1) is 30.3 Å². The smallest absolute Gasteiger partial charge is 0.255 e. The van der Waals surface area contributed by atoms with Gasteiger partial charge in [0, 0.05) is 40.2 Å². The molecule has 5 rings (SSSR count). The number of thioether (sulfide) groups is 1. The highest BCUT2D eigenvalue weighted by atomic mass is 35.5. The van der Waals surface area contributed by atoms with Crippen molar-refractivity contribution in [3.63, 3.8) is 0 Å². The van der Waals surface area contributed by atoms with E-state index in [1.807, 2.05) is 43.5 Å². The van der Waals surface area contributed by atoms with Crippen LogP contribution in [-0.2, 0) is 11.3 Å². The summed E-state index contributed by atoms with van der Waals surface area (Å²) in [6.07, 6.45) is 6.43. The molecule has 9 heteroatoms. The monoisotopic (exact) mass is 542 g/mol. The SMILES string of the molecule is CSc1cc(C)[nH]c(=O)c1CNC(=O)c1c(Cl)n([C@H](C)C2CCC(NC3COC3)CC2)c2ccccc12. The van der Waals surface area contributed by atoms with Gasteiger partial charge in [-0.25, -0.2) is 0 Å². The zero-order valence-corrected chi connectivity index (χ0v) is 23.2. The third kappa shape index (κ3) is 5.35. The van der Waals surface area contributed by atoms with Crippen molar-refractivity contribution in [3.05, 3.63) is 62.7 Å². The van der Waals surface area contributed by atoms with Crippen LogP contribution < -0.4 is 16.2 Å². The van der Waals surface area contributed by atoms with Gasteiger partial charge in [-0.15, -0.1) is 11.8 Å². The van der Waals surface area contributed by atoms with Crippen LogP contribution in [0.15, 0.2) is 40.0 Å². The van der Waals surface area contributed by atoms with Crippen LogP contribution in [0.25, 0.3) is 10.9 Å². The van der Waals surface area contributed by atoms with Crippen molar-refractivity contribution in [1.29, 1.82) is 0 Å². The van der Waals surface area contributed by atoms with Crippen LogP contribution in [0.5, 0.6) is 0 Å². The number of amides is 1. The number of pyridine rings is 1. The number of aromatic nitrogens is 2. The average Bonchev–Trinajstić information content (AvgIpc) is 3.16. The maximum Gasteiger partial charge on any atom is 0.255 e. The van der Waals surface area contributed by atoms with Crippen molar-refractivity contribution in [2.45, 2.75) is 69.1 Å². The standard InChI is InChI=1S/C28H35ClN4O3S/c1-16-12-24(37-3)22(27(34)31-16)13-30-28(35)25-21-6-4-5-7-23(21)33(26(25)29)17(2)18-8-10-19(11-9-18)32-20-14-36-15-20/h4-7,12,17-20,32H,8-11,13-15H2,1-3H3,(H,30,35)(H,31,34)/t17-,18?,19?/m1/s1. The molecule has 3 aromatic rings. The molecule has 3 N–H and O–H groups in total. The van der Waals surface area contributed by atoms with Crippen LogP contribution in [0.3, 0.4) is 0 Å². The molecule has 0 radical (unpaired) electrons. The van der Waals surface area contributed by atoms with Crippen LogP contribution in [0.4, 0.5) is 0 Å². The molecule has 1 aliphatic heterocycles. The van der Waals surface area contributed by atoms with Gasteiger partial charge in [0.2, 0.25) is 0 Å². The van der Waals surface area contributed by atoms with Crippen molar-refractivity contribution in [2.75, 3.05) is 19.5 Å². The van der Waals surface area contributed by atoms with Crippen molar-refractivity contribution in [3.8, 4) is 0 Å². The molecule has 37 heavy (non-hydrogen) atoms. The van der Waals surface area contributed by atoms with Gasteiger partial charge in [-0.05, 0) is 63.8 Å². The van der Waals surface area contributed by atoms with Crippen LogP contribution in [0, 0.1) is 12.8 Å². The summed E-state index contributed by atoms with van der Waals surface area (Å²) in [5.74, 6) is 0.213. The van der Waals surface area contributed by atoms with Crippen LogP contribution in [0.2, 0.25) is 5.15 Å². The number of carbonyl (C=O) groups is 1. The molecule has 1 aromatic carbocycles. The Labute approximate surface area is 226 Å². The van der Waals surface area contributed by atoms with E-state index in [0.717, 1.165) is 60.4 Å². The number of carbonyl (C=O) groups excluding carboxylic acids is 1. The summed E-state index contributed by atoms with van der Waals surface area (Å²) in [5.41, 5.74) is 2.61. The molecule has 7 nitrogen and oxygen atoms in total. The molecular formula is C28H35ClN4O3S. The van der Waals surface area contributed by atoms with Gasteiger partial charge in [0.1, 0.15) is 5.15 Å². The largest absolute Gasteiger partial charge is 0.378 e. The van der Waals surface area contributed by atoms with Gasteiger partial charge in [0.15, 0.2) is 0 Å².